The fraction of sp³-hybridized carbons (Fsp3) is 0.864. The van der Waals surface area contributed by atoms with Crippen LogP contribution in [-0.4, -0.2) is 41.9 Å². The molecule has 0 aromatic carbocycles. The number of rotatable bonds is 15. The van der Waals surface area contributed by atoms with Gasteiger partial charge in [-0.25, -0.2) is 15.1 Å². The van der Waals surface area contributed by atoms with Crippen molar-refractivity contribution in [2.75, 3.05) is 13.1 Å². The number of guanidine groups is 1. The van der Waals surface area contributed by atoms with Gasteiger partial charge in [-0.2, -0.15) is 0 Å². The molecule has 1 rings (SSSR count). The van der Waals surface area contributed by atoms with Crippen LogP contribution in [0, 0.1) is 27.9 Å². The second-order valence-corrected chi connectivity index (χ2v) is 9.11. The van der Waals surface area contributed by atoms with Crippen molar-refractivity contribution in [2.45, 2.75) is 91.0 Å². The summed E-state index contributed by atoms with van der Waals surface area (Å²) >= 11 is 0. The maximum absolute atomic E-state index is 13.2. The summed E-state index contributed by atoms with van der Waals surface area (Å²) in [6, 6.07) is -0.653. The Labute approximate surface area is 191 Å². The van der Waals surface area contributed by atoms with Gasteiger partial charge in [0.05, 0.1) is 0 Å². The van der Waals surface area contributed by atoms with E-state index in [2.05, 4.69) is 36.4 Å². The van der Waals surface area contributed by atoms with Crippen LogP contribution >= 0.6 is 0 Å². The summed E-state index contributed by atoms with van der Waals surface area (Å²) in [4.78, 5) is 40.3. The highest BCUT2D eigenvalue weighted by atomic mass is 16.7. The quantitative estimate of drug-likeness (QED) is 0.0981. The van der Waals surface area contributed by atoms with Crippen LogP contribution in [0.4, 0.5) is 0 Å². The lowest BCUT2D eigenvalue weighted by Gasteiger charge is -2.26. The molecule has 0 aliphatic heterocycles. The predicted octanol–water partition coefficient (Wildman–Crippen LogP) is 2.51. The molecule has 1 aliphatic rings. The number of nitro groups is 1. The van der Waals surface area contributed by atoms with Crippen molar-refractivity contribution in [3.05, 3.63) is 10.1 Å². The summed E-state index contributed by atoms with van der Waals surface area (Å²) in [5.74, 6) is 0.297. The minimum Gasteiger partial charge on any atom is -0.365 e. The number of hydrogen-bond acceptors (Lipinski definition) is 5. The average Bonchev–Trinajstić information content (AvgIpc) is 3.24. The lowest BCUT2D eigenvalue weighted by molar-refractivity contribution is -0.525. The predicted molar refractivity (Wildman–Crippen MR) is 125 cm³/mol. The lowest BCUT2D eigenvalue weighted by Crippen LogP contribution is -2.49. The van der Waals surface area contributed by atoms with Gasteiger partial charge >= 0.3 is 0 Å². The third-order valence-electron chi connectivity index (χ3n) is 5.97. The Morgan fingerprint density at radius 3 is 2.41 bits per heavy atom. The molecule has 0 saturated heterocycles. The molecule has 0 aromatic heterocycles. The summed E-state index contributed by atoms with van der Waals surface area (Å²) in [5.41, 5.74) is 7.22. The molecule has 5 N–H and O–H groups in total. The zero-order valence-electron chi connectivity index (χ0n) is 19.9. The van der Waals surface area contributed by atoms with Crippen LogP contribution in [0.5, 0.6) is 0 Å². The number of amides is 2. The lowest BCUT2D eigenvalue weighted by atomic mass is 9.85. The van der Waals surface area contributed by atoms with Crippen LogP contribution in [0.1, 0.15) is 85.0 Å². The number of nitrogens with one attached hydrogen (secondary N) is 3. The molecule has 32 heavy (non-hydrogen) atoms. The smallest absolute Gasteiger partial charge is 0.251 e. The average molecular weight is 455 g/mol. The number of aliphatic imine (C=N–C) groups is 1. The Bertz CT molecular complexity index is 620. The molecule has 1 aliphatic carbocycles. The molecule has 2 amide bonds. The Hall–Kier alpha value is -2.39. The van der Waals surface area contributed by atoms with Crippen molar-refractivity contribution in [1.29, 1.82) is 0 Å². The summed E-state index contributed by atoms with van der Waals surface area (Å²) in [7, 11) is 0. The van der Waals surface area contributed by atoms with Gasteiger partial charge in [-0.05, 0) is 50.4 Å². The monoisotopic (exact) mass is 454 g/mol. The molecule has 1 unspecified atom stereocenters. The Balaban J connectivity index is 2.74. The molecule has 0 bridgehead atoms. The zero-order valence-corrected chi connectivity index (χ0v) is 19.9. The van der Waals surface area contributed by atoms with Crippen molar-refractivity contribution >= 4 is 17.8 Å². The van der Waals surface area contributed by atoms with Gasteiger partial charge in [0.25, 0.3) is 5.96 Å². The van der Waals surface area contributed by atoms with Gasteiger partial charge in [0.15, 0.2) is 5.03 Å². The van der Waals surface area contributed by atoms with E-state index in [1.807, 2.05) is 0 Å². The van der Waals surface area contributed by atoms with Crippen LogP contribution in [0.15, 0.2) is 4.99 Å². The molecule has 2 atom stereocenters. The first-order valence-electron chi connectivity index (χ1n) is 12.0. The zero-order chi connectivity index (χ0) is 23.9. The van der Waals surface area contributed by atoms with Crippen molar-refractivity contribution in [2.24, 2.45) is 28.5 Å². The van der Waals surface area contributed by atoms with Crippen LogP contribution in [0.3, 0.4) is 0 Å². The van der Waals surface area contributed by atoms with E-state index in [0.717, 1.165) is 51.4 Å². The third-order valence-corrected chi connectivity index (χ3v) is 5.97. The largest absolute Gasteiger partial charge is 0.365 e. The van der Waals surface area contributed by atoms with E-state index in [1.165, 1.54) is 0 Å². The van der Waals surface area contributed by atoms with Crippen molar-refractivity contribution in [3.8, 4) is 0 Å². The molecule has 0 heterocycles. The number of carbonyl (C=O) groups is 2. The van der Waals surface area contributed by atoms with Crippen LogP contribution < -0.4 is 21.8 Å². The Morgan fingerprint density at radius 1 is 1.12 bits per heavy atom. The molecule has 0 radical (unpaired) electrons. The molecule has 184 valence electrons. The van der Waals surface area contributed by atoms with Gasteiger partial charge in [0, 0.05) is 19.0 Å². The van der Waals surface area contributed by atoms with E-state index in [9.17, 15) is 19.7 Å². The van der Waals surface area contributed by atoms with E-state index in [-0.39, 0.29) is 30.2 Å². The Morgan fingerprint density at radius 2 is 1.81 bits per heavy atom. The van der Waals surface area contributed by atoms with Crippen LogP contribution in [-0.2, 0) is 9.59 Å². The van der Waals surface area contributed by atoms with Gasteiger partial charge in [-0.1, -0.05) is 51.9 Å². The van der Waals surface area contributed by atoms with E-state index in [1.54, 1.807) is 5.43 Å². The van der Waals surface area contributed by atoms with E-state index in [4.69, 9.17) is 5.73 Å². The molecule has 10 nitrogen and oxygen atoms in total. The van der Waals surface area contributed by atoms with Crippen LogP contribution in [0.25, 0.3) is 0 Å². The molecular formula is C22H42N6O4. The Kier molecular flexibility index (Phi) is 13.3. The number of nitrogens with zero attached hydrogens (tertiary/aromatic N) is 2. The van der Waals surface area contributed by atoms with E-state index < -0.39 is 11.1 Å². The SMILES string of the molecule is CCCCC(C(=O)N[C@@H](CCCN=C(N)N[N+](=O)[O-])C(=O)NCCC(C)C)C1CCCC1. The van der Waals surface area contributed by atoms with Crippen molar-refractivity contribution < 1.29 is 14.6 Å². The van der Waals surface area contributed by atoms with E-state index >= 15 is 0 Å². The van der Waals surface area contributed by atoms with Crippen LogP contribution in [0.2, 0.25) is 0 Å². The number of nitrogens with two attached hydrogens (primary N) is 1. The minimum atomic E-state index is -0.774. The second kappa shape index (κ2) is 15.4. The normalized spacial score (nSPS) is 16.6. The fourth-order valence-electron chi connectivity index (χ4n) is 4.14. The fourth-order valence-corrected chi connectivity index (χ4v) is 4.14. The highest BCUT2D eigenvalue weighted by Crippen LogP contribution is 2.34. The molecular weight excluding hydrogens is 412 g/mol. The first kappa shape index (κ1) is 27.6. The van der Waals surface area contributed by atoms with Gasteiger partial charge < -0.3 is 16.4 Å². The number of hydrazine groups is 1. The van der Waals surface area contributed by atoms with Crippen molar-refractivity contribution in [3.63, 3.8) is 0 Å². The highest BCUT2D eigenvalue weighted by Gasteiger charge is 2.32. The standard InChI is InChI=1S/C22H42N6O4/c1-4-5-11-18(17-9-6-7-10-17)20(29)26-19(21(30)24-15-13-16(2)3)12-8-14-25-22(23)27-28(31)32/h16-19H,4-15H2,1-3H3,(H,24,30)(H,26,29)(H3,23,25,27)/t18?,19-/m0/s1. The first-order valence-corrected chi connectivity index (χ1v) is 12.0. The minimum absolute atomic E-state index is 0.0348. The van der Waals surface area contributed by atoms with Crippen molar-refractivity contribution in [1.82, 2.24) is 16.1 Å². The summed E-state index contributed by atoms with van der Waals surface area (Å²) < 4.78 is 0. The third kappa shape index (κ3) is 11.3. The van der Waals surface area contributed by atoms with Gasteiger partial charge in [-0.15, -0.1) is 0 Å². The molecule has 0 aromatic rings. The molecule has 10 heteroatoms. The summed E-state index contributed by atoms with van der Waals surface area (Å²) in [6.07, 6.45) is 9.07. The molecule has 1 saturated carbocycles. The van der Waals surface area contributed by atoms with Gasteiger partial charge in [-0.3, -0.25) is 9.59 Å². The maximum Gasteiger partial charge on any atom is 0.251 e. The first-order chi connectivity index (χ1) is 15.2. The number of hydrogen-bond donors (Lipinski definition) is 4. The summed E-state index contributed by atoms with van der Waals surface area (Å²) in [6.45, 7) is 7.08. The summed E-state index contributed by atoms with van der Waals surface area (Å²) in [5, 5.41) is 15.6. The molecule has 0 spiro atoms. The number of unbranched alkanes of at least 4 members (excludes halogenated alkanes) is 1. The topological polar surface area (TPSA) is 152 Å². The molecule has 1 fully saturated rings. The van der Waals surface area contributed by atoms with Gasteiger partial charge in [0.2, 0.25) is 11.8 Å². The highest BCUT2D eigenvalue weighted by molar-refractivity contribution is 5.88. The van der Waals surface area contributed by atoms with Gasteiger partial charge in [0.1, 0.15) is 6.04 Å². The maximum atomic E-state index is 13.2. The van der Waals surface area contributed by atoms with E-state index in [0.29, 0.717) is 31.2 Å². The number of carbonyl (C=O) groups excluding carboxylic acids is 2. The second-order valence-electron chi connectivity index (χ2n) is 9.11.